The van der Waals surface area contributed by atoms with E-state index in [1.54, 1.807) is 11.8 Å². The van der Waals surface area contributed by atoms with E-state index in [2.05, 4.69) is 10.4 Å². The minimum Gasteiger partial charge on any atom is -0.481 e. The first kappa shape index (κ1) is 10.5. The Morgan fingerprint density at radius 3 is 2.87 bits per heavy atom. The molecule has 4 nitrogen and oxygen atoms in total. The van der Waals surface area contributed by atoms with Gasteiger partial charge in [-0.1, -0.05) is 0 Å². The van der Waals surface area contributed by atoms with E-state index in [4.69, 9.17) is 4.74 Å². The molecule has 0 radical (unpaired) electrons. The molecule has 0 amide bonds. The molecule has 1 aliphatic rings. The van der Waals surface area contributed by atoms with Gasteiger partial charge in [0.2, 0.25) is 5.88 Å². The highest BCUT2D eigenvalue weighted by Crippen LogP contribution is 2.28. The SMILES string of the molecule is COc1c(CNCC2CC2)c(C)nn1C. The van der Waals surface area contributed by atoms with Crippen LogP contribution in [-0.2, 0) is 13.6 Å². The summed E-state index contributed by atoms with van der Waals surface area (Å²) < 4.78 is 7.13. The Hall–Kier alpha value is -1.03. The predicted octanol–water partition coefficient (Wildman–Crippen LogP) is 1.24. The average Bonchev–Trinajstić information content (AvgIpc) is 2.95. The van der Waals surface area contributed by atoms with Crippen molar-refractivity contribution in [1.82, 2.24) is 15.1 Å². The molecule has 1 saturated carbocycles. The number of nitrogens with zero attached hydrogens (tertiary/aromatic N) is 2. The van der Waals surface area contributed by atoms with Crippen LogP contribution in [-0.4, -0.2) is 23.4 Å². The van der Waals surface area contributed by atoms with Crippen molar-refractivity contribution in [3.63, 3.8) is 0 Å². The van der Waals surface area contributed by atoms with Gasteiger partial charge in [-0.2, -0.15) is 5.10 Å². The van der Waals surface area contributed by atoms with E-state index >= 15 is 0 Å². The lowest BCUT2D eigenvalue weighted by molar-refractivity contribution is 0.368. The van der Waals surface area contributed by atoms with Gasteiger partial charge in [0.05, 0.1) is 18.4 Å². The highest BCUT2D eigenvalue weighted by atomic mass is 16.5. The first-order valence-corrected chi connectivity index (χ1v) is 5.49. The van der Waals surface area contributed by atoms with Crippen LogP contribution in [0.25, 0.3) is 0 Å². The van der Waals surface area contributed by atoms with E-state index in [1.165, 1.54) is 18.4 Å². The second-order valence-corrected chi connectivity index (χ2v) is 4.27. The number of aryl methyl sites for hydroxylation is 2. The smallest absolute Gasteiger partial charge is 0.216 e. The number of hydrogen-bond acceptors (Lipinski definition) is 3. The molecule has 0 bridgehead atoms. The highest BCUT2D eigenvalue weighted by molar-refractivity contribution is 5.30. The van der Waals surface area contributed by atoms with Gasteiger partial charge < -0.3 is 10.1 Å². The summed E-state index contributed by atoms with van der Waals surface area (Å²) in [5.41, 5.74) is 2.23. The molecule has 15 heavy (non-hydrogen) atoms. The van der Waals surface area contributed by atoms with E-state index in [1.807, 2.05) is 14.0 Å². The molecule has 1 N–H and O–H groups in total. The van der Waals surface area contributed by atoms with E-state index in [0.717, 1.165) is 30.6 Å². The third-order valence-electron chi connectivity index (χ3n) is 2.91. The molecule has 1 aromatic rings. The number of aromatic nitrogens is 2. The molecule has 1 aliphatic carbocycles. The van der Waals surface area contributed by atoms with Gasteiger partial charge in [0.1, 0.15) is 0 Å². The molecule has 0 unspecified atom stereocenters. The summed E-state index contributed by atoms with van der Waals surface area (Å²) in [4.78, 5) is 0. The lowest BCUT2D eigenvalue weighted by atomic mass is 10.2. The molecule has 2 rings (SSSR count). The van der Waals surface area contributed by atoms with Gasteiger partial charge in [0.25, 0.3) is 0 Å². The maximum absolute atomic E-state index is 5.33. The molecule has 1 aromatic heterocycles. The zero-order chi connectivity index (χ0) is 10.8. The average molecular weight is 209 g/mol. The number of nitrogens with one attached hydrogen (secondary N) is 1. The molecule has 1 fully saturated rings. The first-order chi connectivity index (χ1) is 7.22. The molecule has 0 aliphatic heterocycles. The van der Waals surface area contributed by atoms with E-state index in [0.29, 0.717) is 0 Å². The lowest BCUT2D eigenvalue weighted by Crippen LogP contribution is -2.16. The van der Waals surface area contributed by atoms with E-state index < -0.39 is 0 Å². The van der Waals surface area contributed by atoms with Crippen molar-refractivity contribution >= 4 is 0 Å². The van der Waals surface area contributed by atoms with E-state index in [9.17, 15) is 0 Å². The third kappa shape index (κ3) is 2.31. The third-order valence-corrected chi connectivity index (χ3v) is 2.91. The molecule has 0 atom stereocenters. The maximum Gasteiger partial charge on any atom is 0.216 e. The summed E-state index contributed by atoms with van der Waals surface area (Å²) in [6.07, 6.45) is 2.77. The van der Waals surface area contributed by atoms with Crippen molar-refractivity contribution in [2.75, 3.05) is 13.7 Å². The van der Waals surface area contributed by atoms with Crippen molar-refractivity contribution in [2.45, 2.75) is 26.3 Å². The van der Waals surface area contributed by atoms with Crippen molar-refractivity contribution in [1.29, 1.82) is 0 Å². The van der Waals surface area contributed by atoms with Gasteiger partial charge >= 0.3 is 0 Å². The summed E-state index contributed by atoms with van der Waals surface area (Å²) in [6, 6.07) is 0. The van der Waals surface area contributed by atoms with Gasteiger partial charge in [-0.3, -0.25) is 0 Å². The van der Waals surface area contributed by atoms with Gasteiger partial charge in [-0.05, 0) is 32.2 Å². The fourth-order valence-corrected chi connectivity index (χ4v) is 1.86. The molecular weight excluding hydrogens is 190 g/mol. The van der Waals surface area contributed by atoms with Gasteiger partial charge in [0.15, 0.2) is 0 Å². The standard InChI is InChI=1S/C11H19N3O/c1-8-10(7-12-6-9-4-5-9)11(15-3)14(2)13-8/h9,12H,4-7H2,1-3H3. The molecule has 0 aromatic carbocycles. The summed E-state index contributed by atoms with van der Waals surface area (Å²) in [5.74, 6) is 1.78. The van der Waals surface area contributed by atoms with Crippen LogP contribution in [0.4, 0.5) is 0 Å². The maximum atomic E-state index is 5.33. The number of methoxy groups -OCH3 is 1. The minimum atomic E-state index is 0.860. The van der Waals surface area contributed by atoms with Crippen LogP contribution in [0, 0.1) is 12.8 Å². The largest absolute Gasteiger partial charge is 0.481 e. The Morgan fingerprint density at radius 1 is 1.53 bits per heavy atom. The lowest BCUT2D eigenvalue weighted by Gasteiger charge is -2.06. The summed E-state index contributed by atoms with van der Waals surface area (Å²) >= 11 is 0. The Kier molecular flexibility index (Phi) is 2.95. The molecular formula is C11H19N3O. The van der Waals surface area contributed by atoms with Gasteiger partial charge in [0, 0.05) is 13.6 Å². The second-order valence-electron chi connectivity index (χ2n) is 4.27. The fraction of sp³-hybridized carbons (Fsp3) is 0.727. The van der Waals surface area contributed by atoms with Crippen LogP contribution in [0.1, 0.15) is 24.1 Å². The Morgan fingerprint density at radius 2 is 2.27 bits per heavy atom. The monoisotopic (exact) mass is 209 g/mol. The second kappa shape index (κ2) is 4.23. The first-order valence-electron chi connectivity index (χ1n) is 5.49. The minimum absolute atomic E-state index is 0.860. The van der Waals surface area contributed by atoms with Crippen molar-refractivity contribution in [2.24, 2.45) is 13.0 Å². The molecule has 4 heteroatoms. The quantitative estimate of drug-likeness (QED) is 0.793. The van der Waals surface area contributed by atoms with Crippen LogP contribution in [0.2, 0.25) is 0 Å². The highest BCUT2D eigenvalue weighted by Gasteiger charge is 2.21. The van der Waals surface area contributed by atoms with E-state index in [-0.39, 0.29) is 0 Å². The molecule has 0 saturated heterocycles. The Balaban J connectivity index is 1.98. The van der Waals surface area contributed by atoms with Crippen LogP contribution in [0.3, 0.4) is 0 Å². The van der Waals surface area contributed by atoms with Crippen LogP contribution >= 0.6 is 0 Å². The van der Waals surface area contributed by atoms with Crippen molar-refractivity contribution in [3.8, 4) is 5.88 Å². The Bertz CT molecular complexity index is 342. The normalized spacial score (nSPS) is 15.7. The van der Waals surface area contributed by atoms with Crippen LogP contribution in [0.5, 0.6) is 5.88 Å². The van der Waals surface area contributed by atoms with Gasteiger partial charge in [-0.25, -0.2) is 4.68 Å². The van der Waals surface area contributed by atoms with Crippen molar-refractivity contribution in [3.05, 3.63) is 11.3 Å². The zero-order valence-corrected chi connectivity index (χ0v) is 9.71. The summed E-state index contributed by atoms with van der Waals surface area (Å²) in [5, 5.41) is 7.81. The topological polar surface area (TPSA) is 39.1 Å². The fourth-order valence-electron chi connectivity index (χ4n) is 1.86. The molecule has 0 spiro atoms. The van der Waals surface area contributed by atoms with Crippen LogP contribution < -0.4 is 10.1 Å². The molecule has 1 heterocycles. The number of ether oxygens (including phenoxy) is 1. The summed E-state index contributed by atoms with van der Waals surface area (Å²) in [6.45, 7) is 4.01. The Labute approximate surface area is 90.6 Å². The van der Waals surface area contributed by atoms with Crippen molar-refractivity contribution < 1.29 is 4.74 Å². The number of hydrogen-bond donors (Lipinski definition) is 1. The van der Waals surface area contributed by atoms with Crippen LogP contribution in [0.15, 0.2) is 0 Å². The predicted molar refractivity (Wildman–Crippen MR) is 58.9 cm³/mol. The summed E-state index contributed by atoms with van der Waals surface area (Å²) in [7, 11) is 3.61. The molecule has 84 valence electrons. The van der Waals surface area contributed by atoms with Gasteiger partial charge in [-0.15, -0.1) is 0 Å². The number of rotatable bonds is 5. The zero-order valence-electron chi connectivity index (χ0n) is 9.71.